The molecule has 216 valence electrons. The molecule has 3 aromatic rings. The van der Waals surface area contributed by atoms with Crippen LogP contribution in [0.4, 0.5) is 17.6 Å². The van der Waals surface area contributed by atoms with Gasteiger partial charge in [0.15, 0.2) is 23.3 Å². The highest BCUT2D eigenvalue weighted by Crippen LogP contribution is 2.36. The Labute approximate surface area is 237 Å². The minimum Gasteiger partial charge on any atom is -0.378 e. The predicted molar refractivity (Wildman–Crippen MR) is 155 cm³/mol. The first-order valence-corrected chi connectivity index (χ1v) is 15.1. The number of ether oxygens (including phenoxy) is 1. The molecule has 2 unspecified atom stereocenters. The van der Waals surface area contributed by atoms with Crippen molar-refractivity contribution < 1.29 is 22.3 Å². The zero-order valence-electron chi connectivity index (χ0n) is 23.9. The van der Waals surface area contributed by atoms with Crippen LogP contribution in [0.2, 0.25) is 0 Å². The molecule has 1 saturated heterocycles. The van der Waals surface area contributed by atoms with Crippen molar-refractivity contribution in [2.45, 2.75) is 103 Å². The van der Waals surface area contributed by atoms with Gasteiger partial charge in [0.2, 0.25) is 0 Å². The highest BCUT2D eigenvalue weighted by atomic mass is 19.2. The third-order valence-corrected chi connectivity index (χ3v) is 8.27. The minimum absolute atomic E-state index is 0.146. The first-order chi connectivity index (χ1) is 19.4. The van der Waals surface area contributed by atoms with Gasteiger partial charge >= 0.3 is 0 Å². The zero-order chi connectivity index (χ0) is 28.5. The van der Waals surface area contributed by atoms with Crippen LogP contribution in [0.15, 0.2) is 48.5 Å². The molecule has 1 nitrogen and oxygen atoms in total. The average molecular weight is 555 g/mol. The van der Waals surface area contributed by atoms with E-state index in [0.717, 1.165) is 44.9 Å². The molecule has 4 rings (SSSR count). The standard InChI is InChI=1S/C35H42F4O/c1-3-5-7-8-10-12-28-19-17-27(23-40-28)31-22-21-30(34(38)35(31)39)25-15-13-24(14-16-25)29-20-18-26(11-9-6-4-2)32(36)33(29)37/h13-16,18,20-22,27-28H,3-12,17,19,23H2,1-2H3. The smallest absolute Gasteiger partial charge is 0.166 e. The molecule has 3 aromatic carbocycles. The molecular formula is C35H42F4O. The van der Waals surface area contributed by atoms with Crippen LogP contribution in [0.3, 0.4) is 0 Å². The lowest BCUT2D eigenvalue weighted by Gasteiger charge is -2.30. The van der Waals surface area contributed by atoms with E-state index in [-0.39, 0.29) is 23.1 Å². The highest BCUT2D eigenvalue weighted by Gasteiger charge is 2.27. The summed E-state index contributed by atoms with van der Waals surface area (Å²) in [7, 11) is 0. The summed E-state index contributed by atoms with van der Waals surface area (Å²) in [6.07, 6.45) is 12.3. The Morgan fingerprint density at radius 1 is 0.625 bits per heavy atom. The summed E-state index contributed by atoms with van der Waals surface area (Å²) in [5, 5.41) is 0. The molecule has 0 bridgehead atoms. The maximum absolute atomic E-state index is 15.2. The van der Waals surface area contributed by atoms with E-state index in [0.29, 0.717) is 35.3 Å². The third-order valence-electron chi connectivity index (χ3n) is 8.27. The molecule has 1 heterocycles. The normalized spacial score (nSPS) is 17.4. The second kappa shape index (κ2) is 14.8. The molecular weight excluding hydrogens is 512 g/mol. The van der Waals surface area contributed by atoms with Gasteiger partial charge in [0.05, 0.1) is 12.7 Å². The van der Waals surface area contributed by atoms with E-state index >= 15 is 8.78 Å². The fourth-order valence-corrected chi connectivity index (χ4v) is 5.76. The van der Waals surface area contributed by atoms with Crippen LogP contribution in [0.1, 0.15) is 102 Å². The summed E-state index contributed by atoms with van der Waals surface area (Å²) in [4.78, 5) is 0. The van der Waals surface area contributed by atoms with Gasteiger partial charge in [-0.25, -0.2) is 17.6 Å². The van der Waals surface area contributed by atoms with Crippen LogP contribution in [0.5, 0.6) is 0 Å². The number of halogens is 4. The van der Waals surface area contributed by atoms with Crippen molar-refractivity contribution in [3.63, 3.8) is 0 Å². The Balaban J connectivity index is 1.41. The topological polar surface area (TPSA) is 9.23 Å². The monoisotopic (exact) mass is 554 g/mol. The number of unbranched alkanes of at least 4 members (excludes halogenated alkanes) is 6. The molecule has 5 heteroatoms. The minimum atomic E-state index is -0.892. The molecule has 0 N–H and O–H groups in total. The van der Waals surface area contributed by atoms with Gasteiger partial charge in [-0.05, 0) is 54.4 Å². The van der Waals surface area contributed by atoms with E-state index < -0.39 is 23.3 Å². The summed E-state index contributed by atoms with van der Waals surface area (Å²) in [5.41, 5.74) is 2.00. The fraction of sp³-hybridized carbons (Fsp3) is 0.486. The number of benzene rings is 3. The van der Waals surface area contributed by atoms with Crippen molar-refractivity contribution in [2.24, 2.45) is 0 Å². The van der Waals surface area contributed by atoms with Gasteiger partial charge in [-0.2, -0.15) is 0 Å². The molecule has 0 spiro atoms. The van der Waals surface area contributed by atoms with Crippen molar-refractivity contribution >= 4 is 0 Å². The van der Waals surface area contributed by atoms with Crippen molar-refractivity contribution in [1.29, 1.82) is 0 Å². The second-order valence-electron chi connectivity index (χ2n) is 11.2. The van der Waals surface area contributed by atoms with Crippen LogP contribution in [-0.2, 0) is 11.2 Å². The summed E-state index contributed by atoms with van der Waals surface area (Å²) in [5.74, 6) is -3.58. The van der Waals surface area contributed by atoms with Crippen molar-refractivity contribution in [3.8, 4) is 22.3 Å². The highest BCUT2D eigenvalue weighted by molar-refractivity contribution is 5.71. The maximum atomic E-state index is 15.2. The quantitative estimate of drug-likeness (QED) is 0.151. The first kappa shape index (κ1) is 30.3. The van der Waals surface area contributed by atoms with E-state index in [1.54, 1.807) is 48.5 Å². The largest absolute Gasteiger partial charge is 0.378 e. The van der Waals surface area contributed by atoms with Gasteiger partial charge in [-0.1, -0.05) is 107 Å². The summed E-state index contributed by atoms with van der Waals surface area (Å²) < 4.78 is 66.0. The van der Waals surface area contributed by atoms with Crippen molar-refractivity contribution in [2.75, 3.05) is 6.61 Å². The van der Waals surface area contributed by atoms with Gasteiger partial charge in [-0.15, -0.1) is 0 Å². The summed E-state index contributed by atoms with van der Waals surface area (Å²) in [6, 6.07) is 13.0. The van der Waals surface area contributed by atoms with Crippen LogP contribution in [-0.4, -0.2) is 12.7 Å². The molecule has 0 aliphatic carbocycles. The Morgan fingerprint density at radius 2 is 1.23 bits per heavy atom. The molecule has 1 aliphatic rings. The van der Waals surface area contributed by atoms with Gasteiger partial charge in [-0.3, -0.25) is 0 Å². The molecule has 0 aromatic heterocycles. The van der Waals surface area contributed by atoms with Crippen LogP contribution < -0.4 is 0 Å². The predicted octanol–water partition coefficient (Wildman–Crippen LogP) is 10.9. The molecule has 0 saturated carbocycles. The van der Waals surface area contributed by atoms with E-state index in [1.807, 2.05) is 0 Å². The van der Waals surface area contributed by atoms with Crippen molar-refractivity contribution in [3.05, 3.63) is 82.9 Å². The number of aryl methyl sites for hydroxylation is 1. The lowest BCUT2D eigenvalue weighted by Crippen LogP contribution is -2.25. The van der Waals surface area contributed by atoms with Gasteiger partial charge in [0, 0.05) is 17.0 Å². The molecule has 0 amide bonds. The van der Waals surface area contributed by atoms with Crippen molar-refractivity contribution in [1.82, 2.24) is 0 Å². The second-order valence-corrected chi connectivity index (χ2v) is 11.2. The molecule has 1 aliphatic heterocycles. The molecule has 2 atom stereocenters. The van der Waals surface area contributed by atoms with E-state index in [9.17, 15) is 8.78 Å². The van der Waals surface area contributed by atoms with Crippen LogP contribution in [0.25, 0.3) is 22.3 Å². The average Bonchev–Trinajstić information content (AvgIpc) is 2.97. The zero-order valence-corrected chi connectivity index (χ0v) is 23.9. The van der Waals surface area contributed by atoms with E-state index in [4.69, 9.17) is 4.74 Å². The van der Waals surface area contributed by atoms with Crippen LogP contribution in [0, 0.1) is 23.3 Å². The SMILES string of the molecule is CCCCCCCC1CCC(c2ccc(-c3ccc(-c4ccc(CCCCC)c(F)c4F)cc3)c(F)c2F)CO1. The van der Waals surface area contributed by atoms with Crippen LogP contribution >= 0.6 is 0 Å². The Hall–Kier alpha value is -2.66. The first-order valence-electron chi connectivity index (χ1n) is 15.1. The molecule has 0 radical (unpaired) electrons. The molecule has 40 heavy (non-hydrogen) atoms. The fourth-order valence-electron chi connectivity index (χ4n) is 5.76. The third kappa shape index (κ3) is 7.34. The maximum Gasteiger partial charge on any atom is 0.166 e. The summed E-state index contributed by atoms with van der Waals surface area (Å²) in [6.45, 7) is 4.68. The summed E-state index contributed by atoms with van der Waals surface area (Å²) >= 11 is 0. The number of hydrogen-bond donors (Lipinski definition) is 0. The Bertz CT molecular complexity index is 1230. The van der Waals surface area contributed by atoms with E-state index in [1.165, 1.54) is 25.7 Å². The lowest BCUT2D eigenvalue weighted by molar-refractivity contribution is -0.00283. The van der Waals surface area contributed by atoms with Gasteiger partial charge in [0.25, 0.3) is 0 Å². The number of rotatable bonds is 13. The Kier molecular flexibility index (Phi) is 11.2. The number of hydrogen-bond acceptors (Lipinski definition) is 1. The van der Waals surface area contributed by atoms with Gasteiger partial charge in [0.1, 0.15) is 0 Å². The Morgan fingerprint density at radius 3 is 1.85 bits per heavy atom. The lowest BCUT2D eigenvalue weighted by atomic mass is 9.88. The molecule has 1 fully saturated rings. The van der Waals surface area contributed by atoms with Gasteiger partial charge < -0.3 is 4.74 Å². The van der Waals surface area contributed by atoms with E-state index in [2.05, 4.69) is 13.8 Å².